The SMILES string of the molecule is C=CCN(c1cnc(N(CC)CC)nc1NC(Cc1ccc(OC(=O)N2CCCC2)cc1)C(=O)O)S(C)(=O)=O. The average molecular weight is 561 g/mol. The van der Waals surface area contributed by atoms with E-state index >= 15 is 0 Å². The third-order valence-electron chi connectivity index (χ3n) is 6.31. The summed E-state index contributed by atoms with van der Waals surface area (Å²) in [5.74, 6) is -0.372. The van der Waals surface area contributed by atoms with Crippen LogP contribution in [0.15, 0.2) is 43.1 Å². The number of aromatic nitrogens is 2. The second-order valence-corrected chi connectivity index (χ2v) is 11.0. The number of nitrogens with zero attached hydrogens (tertiary/aromatic N) is 5. The fourth-order valence-corrected chi connectivity index (χ4v) is 5.07. The van der Waals surface area contributed by atoms with Crippen LogP contribution in [0.4, 0.5) is 22.2 Å². The van der Waals surface area contributed by atoms with E-state index < -0.39 is 28.1 Å². The molecule has 3 rings (SSSR count). The minimum Gasteiger partial charge on any atom is -0.480 e. The van der Waals surface area contributed by atoms with E-state index in [1.807, 2.05) is 18.7 Å². The molecule has 1 fully saturated rings. The number of benzene rings is 1. The Labute approximate surface area is 229 Å². The van der Waals surface area contributed by atoms with Gasteiger partial charge in [0.05, 0.1) is 19.0 Å². The first-order chi connectivity index (χ1) is 18.6. The van der Waals surface area contributed by atoms with Gasteiger partial charge in [0.2, 0.25) is 16.0 Å². The lowest BCUT2D eigenvalue weighted by Gasteiger charge is -2.26. The van der Waals surface area contributed by atoms with E-state index in [-0.39, 0.29) is 24.5 Å². The Morgan fingerprint density at radius 3 is 2.38 bits per heavy atom. The molecule has 0 saturated carbocycles. The van der Waals surface area contributed by atoms with Gasteiger partial charge in [0.1, 0.15) is 17.5 Å². The van der Waals surface area contributed by atoms with Crippen LogP contribution >= 0.6 is 0 Å². The summed E-state index contributed by atoms with van der Waals surface area (Å²) in [4.78, 5) is 36.9. The molecule has 0 aliphatic carbocycles. The molecule has 39 heavy (non-hydrogen) atoms. The first kappa shape index (κ1) is 29.7. The highest BCUT2D eigenvalue weighted by Gasteiger charge is 2.26. The summed E-state index contributed by atoms with van der Waals surface area (Å²) in [5, 5.41) is 12.9. The Morgan fingerprint density at radius 1 is 1.21 bits per heavy atom. The highest BCUT2D eigenvalue weighted by Crippen LogP contribution is 2.29. The van der Waals surface area contributed by atoms with Crippen LogP contribution in [0.1, 0.15) is 32.3 Å². The van der Waals surface area contributed by atoms with Gasteiger partial charge in [-0.25, -0.2) is 23.0 Å². The van der Waals surface area contributed by atoms with Gasteiger partial charge in [-0.1, -0.05) is 18.2 Å². The molecule has 1 aliphatic rings. The average Bonchev–Trinajstić information content (AvgIpc) is 3.44. The maximum atomic E-state index is 12.5. The van der Waals surface area contributed by atoms with Crippen molar-refractivity contribution in [3.05, 3.63) is 48.7 Å². The number of anilines is 3. The molecule has 12 nitrogen and oxygen atoms in total. The van der Waals surface area contributed by atoms with Gasteiger partial charge < -0.3 is 25.0 Å². The Bertz CT molecular complexity index is 1260. The summed E-state index contributed by atoms with van der Waals surface area (Å²) >= 11 is 0. The molecule has 2 aromatic rings. The van der Waals surface area contributed by atoms with E-state index in [4.69, 9.17) is 4.74 Å². The minimum atomic E-state index is -3.75. The summed E-state index contributed by atoms with van der Waals surface area (Å²) in [5.41, 5.74) is 0.783. The lowest BCUT2D eigenvalue weighted by Crippen LogP contribution is -2.36. The van der Waals surface area contributed by atoms with Crippen molar-refractivity contribution < 1.29 is 27.9 Å². The second-order valence-electron chi connectivity index (χ2n) is 9.10. The summed E-state index contributed by atoms with van der Waals surface area (Å²) in [6.07, 6.45) is 5.41. The number of nitrogens with one attached hydrogen (secondary N) is 1. The van der Waals surface area contributed by atoms with E-state index in [1.165, 1.54) is 12.3 Å². The number of hydrogen-bond acceptors (Lipinski definition) is 9. The molecule has 1 saturated heterocycles. The van der Waals surface area contributed by atoms with E-state index in [2.05, 4.69) is 21.9 Å². The molecule has 1 aliphatic heterocycles. The number of ether oxygens (including phenoxy) is 1. The highest BCUT2D eigenvalue weighted by atomic mass is 32.2. The van der Waals surface area contributed by atoms with Crippen molar-refractivity contribution in [3.8, 4) is 5.75 Å². The zero-order valence-electron chi connectivity index (χ0n) is 22.5. The van der Waals surface area contributed by atoms with E-state index in [9.17, 15) is 23.1 Å². The number of sulfonamides is 1. The van der Waals surface area contributed by atoms with Crippen molar-refractivity contribution in [2.24, 2.45) is 0 Å². The highest BCUT2D eigenvalue weighted by molar-refractivity contribution is 7.92. The Morgan fingerprint density at radius 2 is 1.85 bits per heavy atom. The molecular weight excluding hydrogens is 524 g/mol. The largest absolute Gasteiger partial charge is 0.480 e. The van der Waals surface area contributed by atoms with E-state index in [0.29, 0.717) is 43.4 Å². The normalized spacial score (nSPS) is 14.0. The van der Waals surface area contributed by atoms with Crippen LogP contribution in [0.2, 0.25) is 0 Å². The van der Waals surface area contributed by atoms with Crippen LogP contribution in [0, 0.1) is 0 Å². The zero-order valence-corrected chi connectivity index (χ0v) is 23.4. The van der Waals surface area contributed by atoms with E-state index in [0.717, 1.165) is 23.4 Å². The van der Waals surface area contributed by atoms with Gasteiger partial charge in [-0.2, -0.15) is 4.98 Å². The molecule has 13 heteroatoms. The molecule has 1 aromatic carbocycles. The van der Waals surface area contributed by atoms with Crippen LogP contribution in [0.25, 0.3) is 0 Å². The van der Waals surface area contributed by atoms with Crippen LogP contribution in [-0.2, 0) is 21.2 Å². The molecule has 2 N–H and O–H groups in total. The molecule has 2 heterocycles. The van der Waals surface area contributed by atoms with Gasteiger partial charge in [0.15, 0.2) is 5.82 Å². The lowest BCUT2D eigenvalue weighted by molar-refractivity contribution is -0.137. The van der Waals surface area contributed by atoms with Crippen molar-refractivity contribution in [2.75, 3.05) is 53.5 Å². The smallest absolute Gasteiger partial charge is 0.415 e. The van der Waals surface area contributed by atoms with Crippen molar-refractivity contribution in [2.45, 2.75) is 39.2 Å². The van der Waals surface area contributed by atoms with Crippen LogP contribution in [-0.4, -0.2) is 85.5 Å². The Hall–Kier alpha value is -3.87. The molecule has 0 spiro atoms. The predicted octanol–water partition coefficient (Wildman–Crippen LogP) is 2.98. The fourth-order valence-electron chi connectivity index (χ4n) is 4.20. The Balaban J connectivity index is 1.87. The molecule has 1 unspecified atom stereocenters. The molecule has 0 radical (unpaired) electrons. The number of amides is 1. The lowest BCUT2D eigenvalue weighted by atomic mass is 10.1. The summed E-state index contributed by atoms with van der Waals surface area (Å²) in [7, 11) is -3.75. The number of carboxylic acids is 1. The number of rotatable bonds is 13. The fraction of sp³-hybridized carbons (Fsp3) is 0.462. The number of aliphatic carboxylic acids is 1. The van der Waals surface area contributed by atoms with Crippen molar-refractivity contribution in [1.29, 1.82) is 0 Å². The van der Waals surface area contributed by atoms with Crippen LogP contribution < -0.4 is 19.3 Å². The van der Waals surface area contributed by atoms with E-state index in [1.54, 1.807) is 29.2 Å². The number of carbonyl (C=O) groups is 2. The third kappa shape index (κ3) is 7.82. The third-order valence-corrected chi connectivity index (χ3v) is 7.46. The van der Waals surface area contributed by atoms with Gasteiger partial charge in [-0.3, -0.25) is 4.31 Å². The first-order valence-electron chi connectivity index (χ1n) is 12.8. The quantitative estimate of drug-likeness (QED) is 0.351. The maximum absolute atomic E-state index is 12.5. The van der Waals surface area contributed by atoms with Gasteiger partial charge in [0.25, 0.3) is 0 Å². The summed E-state index contributed by atoms with van der Waals surface area (Å²) < 4.78 is 31.6. The summed E-state index contributed by atoms with van der Waals surface area (Å²) in [6, 6.07) is 5.46. The number of carbonyl (C=O) groups excluding carboxylic acids is 1. The van der Waals surface area contributed by atoms with Crippen molar-refractivity contribution >= 4 is 39.5 Å². The summed E-state index contributed by atoms with van der Waals surface area (Å²) in [6.45, 7) is 10.0. The second kappa shape index (κ2) is 13.3. The molecule has 1 amide bonds. The monoisotopic (exact) mass is 560 g/mol. The van der Waals surface area contributed by atoms with Crippen LogP contribution in [0.3, 0.4) is 0 Å². The molecule has 1 atom stereocenters. The zero-order chi connectivity index (χ0) is 28.6. The standard InChI is InChI=1S/C26H36N6O6S/c1-5-14-32(39(4,36)37)22-18-27-25(30(6-2)7-3)29-23(22)28-21(24(33)34)17-19-10-12-20(13-11-19)38-26(35)31-15-8-9-16-31/h5,10-13,18,21H,1,6-9,14-17H2,2-4H3,(H,33,34)(H,27,28,29). The predicted molar refractivity (Wildman–Crippen MR) is 150 cm³/mol. The van der Waals surface area contributed by atoms with Crippen molar-refractivity contribution in [1.82, 2.24) is 14.9 Å². The molecule has 212 valence electrons. The minimum absolute atomic E-state index is 0.0448. The number of likely N-dealkylation sites (tertiary alicyclic amines) is 1. The van der Waals surface area contributed by atoms with Gasteiger partial charge >= 0.3 is 12.1 Å². The van der Waals surface area contributed by atoms with Crippen molar-refractivity contribution in [3.63, 3.8) is 0 Å². The first-order valence-corrected chi connectivity index (χ1v) is 14.7. The molecule has 0 bridgehead atoms. The van der Waals surface area contributed by atoms with Gasteiger partial charge in [0, 0.05) is 32.6 Å². The molecule has 1 aromatic heterocycles. The number of hydrogen-bond donors (Lipinski definition) is 2. The topological polar surface area (TPSA) is 145 Å². The molecular formula is C26H36N6O6S. The van der Waals surface area contributed by atoms with Crippen LogP contribution in [0.5, 0.6) is 5.75 Å². The maximum Gasteiger partial charge on any atom is 0.415 e. The number of carboxylic acid groups (broad SMARTS) is 1. The van der Waals surface area contributed by atoms with Gasteiger partial charge in [-0.05, 0) is 44.4 Å². The van der Waals surface area contributed by atoms with Gasteiger partial charge in [-0.15, -0.1) is 6.58 Å². The Kier molecular flexibility index (Phi) is 10.1.